The van der Waals surface area contributed by atoms with Gasteiger partial charge < -0.3 is 10.0 Å². The summed E-state index contributed by atoms with van der Waals surface area (Å²) in [5, 5.41) is 12.0. The van der Waals surface area contributed by atoms with Crippen LogP contribution in [0.3, 0.4) is 0 Å². The third-order valence-corrected chi connectivity index (χ3v) is 15.4. The van der Waals surface area contributed by atoms with E-state index < -0.39 is 16.7 Å². The quantitative estimate of drug-likeness (QED) is 0.0958. The van der Waals surface area contributed by atoms with E-state index in [0.717, 1.165) is 19.7 Å². The number of pyridine rings is 1. The summed E-state index contributed by atoms with van der Waals surface area (Å²) < 4.78 is 3.49. The van der Waals surface area contributed by atoms with Crippen molar-refractivity contribution in [3.05, 3.63) is 90.3 Å². The van der Waals surface area contributed by atoms with Gasteiger partial charge in [0.15, 0.2) is 11.6 Å². The Balaban J connectivity index is 1.62. The molecule has 44 heavy (non-hydrogen) atoms. The third kappa shape index (κ3) is 5.71. The van der Waals surface area contributed by atoms with E-state index in [2.05, 4.69) is 90.4 Å². The molecule has 1 heterocycles. The molecule has 0 aliphatic heterocycles. The fraction of sp³-hybridized carbons (Fsp3) is 0.294. The van der Waals surface area contributed by atoms with Crippen LogP contribution in [0.1, 0.15) is 95.4 Å². The predicted molar refractivity (Wildman–Crippen MR) is 209 cm³/mol. The Kier molecular flexibility index (Phi) is 9.26. The van der Waals surface area contributed by atoms with Crippen molar-refractivity contribution in [2.45, 2.75) is 58.3 Å². The number of nitrogens with zero attached hydrogens (tertiary/aromatic N) is 2. The van der Waals surface area contributed by atoms with Gasteiger partial charge in [0.2, 0.25) is 0 Å². The monoisotopic (exact) mass is 1040 g/mol. The van der Waals surface area contributed by atoms with Crippen molar-refractivity contribution in [1.29, 1.82) is 0 Å². The van der Waals surface area contributed by atoms with Gasteiger partial charge in [-0.25, -0.2) is 4.98 Å². The van der Waals surface area contributed by atoms with Crippen molar-refractivity contribution in [1.82, 2.24) is 4.98 Å². The van der Waals surface area contributed by atoms with Crippen molar-refractivity contribution >= 4 is 124 Å². The molecular formula is C34H30I4N2O4. The molecule has 0 fully saturated rings. The van der Waals surface area contributed by atoms with Gasteiger partial charge in [-0.2, -0.15) is 0 Å². The van der Waals surface area contributed by atoms with Crippen LogP contribution in [0.4, 0.5) is 5.69 Å². The number of halogens is 4. The number of hydrogen-bond donors (Lipinski definition) is 1. The summed E-state index contributed by atoms with van der Waals surface area (Å²) in [5.41, 5.74) is 3.46. The number of hydrogen-bond acceptors (Lipinski definition) is 5. The van der Waals surface area contributed by atoms with Crippen LogP contribution in [-0.4, -0.2) is 34.6 Å². The number of anilines is 1. The zero-order chi connectivity index (χ0) is 32.6. The molecule has 6 nitrogen and oxygen atoms in total. The fourth-order valence-corrected chi connectivity index (χ4v) is 9.27. The summed E-state index contributed by atoms with van der Waals surface area (Å²) in [6, 6.07) is 12.7. The molecular weight excluding hydrogens is 1010 g/mol. The maximum absolute atomic E-state index is 14.1. The van der Waals surface area contributed by atoms with E-state index >= 15 is 0 Å². The largest absolute Gasteiger partial charge is 0.507 e. The first kappa shape index (κ1) is 33.9. The summed E-state index contributed by atoms with van der Waals surface area (Å²) >= 11 is 8.76. The van der Waals surface area contributed by atoms with Crippen molar-refractivity contribution in [3.63, 3.8) is 0 Å². The Morgan fingerprint density at radius 1 is 0.795 bits per heavy atom. The normalized spacial score (nSPS) is 14.0. The topological polar surface area (TPSA) is 87.6 Å². The molecule has 3 aromatic carbocycles. The minimum Gasteiger partial charge on any atom is -0.507 e. The molecule has 228 valence electrons. The van der Waals surface area contributed by atoms with E-state index in [-0.39, 0.29) is 23.2 Å². The highest BCUT2D eigenvalue weighted by atomic mass is 127. The van der Waals surface area contributed by atoms with Crippen molar-refractivity contribution < 1.29 is 19.5 Å². The van der Waals surface area contributed by atoms with E-state index in [1.807, 2.05) is 65.8 Å². The summed E-state index contributed by atoms with van der Waals surface area (Å²) in [7, 11) is 1.70. The number of amides is 1. The number of ketones is 2. The molecule has 0 saturated carbocycles. The third-order valence-electron chi connectivity index (χ3n) is 7.94. The van der Waals surface area contributed by atoms with Gasteiger partial charge in [0.05, 0.1) is 16.9 Å². The van der Waals surface area contributed by atoms with E-state index in [4.69, 9.17) is 4.98 Å². The minimum atomic E-state index is -1.04. The van der Waals surface area contributed by atoms with Gasteiger partial charge in [-0.05, 0) is 125 Å². The highest BCUT2D eigenvalue weighted by Crippen LogP contribution is 2.43. The van der Waals surface area contributed by atoms with E-state index in [0.29, 0.717) is 44.7 Å². The van der Waals surface area contributed by atoms with Gasteiger partial charge in [0, 0.05) is 54.5 Å². The van der Waals surface area contributed by atoms with Crippen LogP contribution in [0.25, 0.3) is 10.9 Å². The predicted octanol–water partition coefficient (Wildman–Crippen LogP) is 9.39. The highest BCUT2D eigenvalue weighted by molar-refractivity contribution is 14.1. The molecule has 0 saturated heterocycles. The van der Waals surface area contributed by atoms with Gasteiger partial charge in [0.1, 0.15) is 11.7 Å². The summed E-state index contributed by atoms with van der Waals surface area (Å²) in [6.07, 6.45) is 0. The van der Waals surface area contributed by atoms with Crippen molar-refractivity contribution in [2.75, 3.05) is 11.9 Å². The smallest absolute Gasteiger partial charge is 0.258 e. The molecule has 0 unspecified atom stereocenters. The fourth-order valence-electron chi connectivity index (χ4n) is 5.55. The lowest BCUT2D eigenvalue weighted by Gasteiger charge is -2.29. The molecule has 1 amide bonds. The maximum Gasteiger partial charge on any atom is 0.258 e. The molecule has 0 radical (unpaired) electrons. The molecule has 0 bridgehead atoms. The lowest BCUT2D eigenvalue weighted by atomic mass is 9.78. The summed E-state index contributed by atoms with van der Waals surface area (Å²) in [4.78, 5) is 48.1. The Morgan fingerprint density at radius 2 is 1.30 bits per heavy atom. The van der Waals surface area contributed by atoms with Crippen LogP contribution in [0.5, 0.6) is 5.75 Å². The number of benzene rings is 3. The lowest BCUT2D eigenvalue weighted by Crippen LogP contribution is -2.28. The van der Waals surface area contributed by atoms with Gasteiger partial charge >= 0.3 is 0 Å². The standard InChI is InChI=1S/C34H30I4N2O4/c1-33(2,3)17-13-16(14-18(29(17)41)34(4,5)6)32(44)40(7)20-10-8-9-15-11-12-19(39-28(15)20)21-30(42)22-23(31(21)43)25(36)27(38)26(37)24(22)35/h8-14,21,41H,1-7H3. The second-order valence-corrected chi connectivity index (χ2v) is 17.4. The molecule has 4 aromatic rings. The SMILES string of the molecule is CN(C(=O)c1cc(C(C)(C)C)c(O)c(C(C)(C)C)c1)c1cccc2ccc(C3C(=O)c4c(I)c(I)c(I)c(I)c4C3=O)nc12. The highest BCUT2D eigenvalue weighted by Gasteiger charge is 2.44. The Morgan fingerprint density at radius 3 is 1.77 bits per heavy atom. The summed E-state index contributed by atoms with van der Waals surface area (Å²) in [6.45, 7) is 12.1. The van der Waals surface area contributed by atoms with Crippen LogP contribution >= 0.6 is 90.4 Å². The molecule has 1 aliphatic rings. The molecule has 1 aliphatic carbocycles. The van der Waals surface area contributed by atoms with Crippen LogP contribution in [-0.2, 0) is 10.8 Å². The lowest BCUT2D eigenvalue weighted by molar-refractivity contribution is 0.0886. The number of carbonyl (C=O) groups excluding carboxylic acids is 3. The van der Waals surface area contributed by atoms with E-state index in [1.165, 1.54) is 0 Å². The molecule has 0 atom stereocenters. The molecule has 10 heteroatoms. The first-order valence-electron chi connectivity index (χ1n) is 13.9. The Labute approximate surface area is 311 Å². The molecule has 1 N–H and O–H groups in total. The number of phenolic OH excluding ortho intramolecular Hbond substituents is 1. The number of carbonyl (C=O) groups is 3. The Bertz CT molecular complexity index is 1840. The van der Waals surface area contributed by atoms with Crippen LogP contribution in [0.2, 0.25) is 0 Å². The van der Waals surface area contributed by atoms with Gasteiger partial charge in [-0.1, -0.05) is 59.7 Å². The van der Waals surface area contributed by atoms with Crippen LogP contribution < -0.4 is 4.90 Å². The molecule has 1 aromatic heterocycles. The van der Waals surface area contributed by atoms with Crippen LogP contribution in [0, 0.1) is 14.3 Å². The first-order chi connectivity index (χ1) is 20.4. The number of aromatic nitrogens is 1. The average molecular weight is 1040 g/mol. The van der Waals surface area contributed by atoms with Crippen molar-refractivity contribution in [3.8, 4) is 5.75 Å². The second kappa shape index (κ2) is 12.0. The first-order valence-corrected chi connectivity index (χ1v) is 18.2. The number of Topliss-reactive ketones (excluding diaryl/α,β-unsaturated/α-hetero) is 2. The summed E-state index contributed by atoms with van der Waals surface area (Å²) in [5.74, 6) is -1.58. The number of rotatable bonds is 3. The average Bonchev–Trinajstić information content (AvgIpc) is 3.22. The minimum absolute atomic E-state index is 0.210. The zero-order valence-electron chi connectivity index (χ0n) is 25.2. The molecule has 0 spiro atoms. The number of para-hydroxylation sites is 1. The number of phenols is 1. The number of fused-ring (bicyclic) bond motifs is 2. The van der Waals surface area contributed by atoms with Gasteiger partial charge in [0.25, 0.3) is 5.91 Å². The van der Waals surface area contributed by atoms with E-state index in [9.17, 15) is 19.5 Å². The molecule has 5 rings (SSSR count). The number of aromatic hydroxyl groups is 1. The second-order valence-electron chi connectivity index (χ2n) is 13.0. The zero-order valence-corrected chi connectivity index (χ0v) is 33.8. The van der Waals surface area contributed by atoms with Crippen LogP contribution in [0.15, 0.2) is 42.5 Å². The van der Waals surface area contributed by atoms with Gasteiger partial charge in [-0.15, -0.1) is 0 Å². The van der Waals surface area contributed by atoms with E-state index in [1.54, 1.807) is 30.1 Å². The van der Waals surface area contributed by atoms with Gasteiger partial charge in [-0.3, -0.25) is 14.4 Å². The van der Waals surface area contributed by atoms with Crippen molar-refractivity contribution in [2.24, 2.45) is 0 Å². The maximum atomic E-state index is 14.1. The Hall–Kier alpha value is -1.40.